The highest BCUT2D eigenvalue weighted by Gasteiger charge is 2.14. The monoisotopic (exact) mass is 404 g/mol. The highest BCUT2D eigenvalue weighted by atomic mass is 35.5. The maximum atomic E-state index is 12.0. The number of amides is 2. The molecule has 28 heavy (non-hydrogen) atoms. The summed E-state index contributed by atoms with van der Waals surface area (Å²) in [7, 11) is 0. The fourth-order valence-electron chi connectivity index (χ4n) is 2.06. The first-order chi connectivity index (χ1) is 13.3. The Balaban J connectivity index is 1.82. The average molecular weight is 405 g/mol. The number of nitro groups is 1. The maximum absolute atomic E-state index is 12.0. The molecular weight excluding hydrogens is 388 g/mol. The number of carbonyl (C=O) groups excluding carboxylic acids is 2. The lowest BCUT2D eigenvalue weighted by Gasteiger charge is -2.07. The molecule has 2 rings (SSSR count). The van der Waals surface area contributed by atoms with Crippen LogP contribution in [0.1, 0.15) is 13.3 Å². The SMILES string of the molecule is C/C(CC(=O)Nc1ccc(Cl)c([N+](=O)[O-])c1)=N\NC(=O)COc1ccccc1. The summed E-state index contributed by atoms with van der Waals surface area (Å²) in [5.74, 6) is -0.376. The number of hydrogen-bond donors (Lipinski definition) is 2. The highest BCUT2D eigenvalue weighted by molar-refractivity contribution is 6.32. The number of hydrogen-bond acceptors (Lipinski definition) is 6. The Morgan fingerprint density at radius 1 is 1.18 bits per heavy atom. The fraction of sp³-hybridized carbons (Fsp3) is 0.167. The lowest BCUT2D eigenvalue weighted by Crippen LogP contribution is -2.26. The summed E-state index contributed by atoms with van der Waals surface area (Å²) in [5, 5.41) is 17.2. The first kappa shape index (κ1) is 20.8. The molecule has 0 atom stereocenters. The van der Waals surface area contributed by atoms with Crippen molar-refractivity contribution in [3.05, 3.63) is 63.7 Å². The number of nitrogens with zero attached hydrogens (tertiary/aromatic N) is 2. The lowest BCUT2D eigenvalue weighted by molar-refractivity contribution is -0.384. The Bertz CT molecular complexity index is 902. The van der Waals surface area contributed by atoms with Gasteiger partial charge in [0.2, 0.25) is 5.91 Å². The third kappa shape index (κ3) is 6.69. The van der Waals surface area contributed by atoms with Gasteiger partial charge in [-0.1, -0.05) is 29.8 Å². The van der Waals surface area contributed by atoms with Gasteiger partial charge in [0.1, 0.15) is 10.8 Å². The van der Waals surface area contributed by atoms with Gasteiger partial charge in [-0.15, -0.1) is 0 Å². The van der Waals surface area contributed by atoms with Crippen LogP contribution in [0.25, 0.3) is 0 Å². The van der Waals surface area contributed by atoms with E-state index < -0.39 is 16.7 Å². The summed E-state index contributed by atoms with van der Waals surface area (Å²) >= 11 is 5.72. The molecule has 0 saturated heterocycles. The molecule has 0 aliphatic rings. The van der Waals surface area contributed by atoms with E-state index in [1.54, 1.807) is 31.2 Å². The lowest BCUT2D eigenvalue weighted by atomic mass is 10.2. The second kappa shape index (κ2) is 10.0. The molecule has 0 aliphatic carbocycles. The molecule has 10 heteroatoms. The number of anilines is 1. The summed E-state index contributed by atoms with van der Waals surface area (Å²) in [4.78, 5) is 34.0. The van der Waals surface area contributed by atoms with Crippen molar-refractivity contribution in [2.24, 2.45) is 5.10 Å². The molecule has 0 aromatic heterocycles. The zero-order valence-electron chi connectivity index (χ0n) is 14.8. The number of rotatable bonds is 8. The summed E-state index contributed by atoms with van der Waals surface area (Å²) < 4.78 is 5.27. The van der Waals surface area contributed by atoms with Gasteiger partial charge < -0.3 is 10.1 Å². The topological polar surface area (TPSA) is 123 Å². The van der Waals surface area contributed by atoms with E-state index in [1.165, 1.54) is 12.1 Å². The van der Waals surface area contributed by atoms with Gasteiger partial charge in [0.25, 0.3) is 11.6 Å². The van der Waals surface area contributed by atoms with Crippen molar-refractivity contribution in [2.75, 3.05) is 11.9 Å². The third-order valence-corrected chi connectivity index (χ3v) is 3.65. The quantitative estimate of drug-likeness (QED) is 0.397. The molecule has 0 aliphatic heterocycles. The molecule has 0 heterocycles. The number of halogens is 1. The second-order valence-electron chi connectivity index (χ2n) is 5.63. The first-order valence-electron chi connectivity index (χ1n) is 8.09. The molecule has 0 radical (unpaired) electrons. The second-order valence-corrected chi connectivity index (χ2v) is 6.04. The van der Waals surface area contributed by atoms with Gasteiger partial charge in [-0.3, -0.25) is 19.7 Å². The minimum atomic E-state index is -0.641. The van der Waals surface area contributed by atoms with E-state index in [0.29, 0.717) is 11.5 Å². The van der Waals surface area contributed by atoms with Gasteiger partial charge in [-0.05, 0) is 31.2 Å². The van der Waals surface area contributed by atoms with Crippen molar-refractivity contribution in [3.8, 4) is 5.75 Å². The molecule has 2 N–H and O–H groups in total. The molecule has 0 saturated carbocycles. The summed E-state index contributed by atoms with van der Waals surface area (Å²) in [6, 6.07) is 12.8. The Morgan fingerprint density at radius 2 is 1.89 bits per heavy atom. The van der Waals surface area contributed by atoms with Crippen LogP contribution >= 0.6 is 11.6 Å². The number of carbonyl (C=O) groups is 2. The van der Waals surface area contributed by atoms with Crippen LogP contribution < -0.4 is 15.5 Å². The van der Waals surface area contributed by atoms with Crippen molar-refractivity contribution in [1.82, 2.24) is 5.43 Å². The van der Waals surface area contributed by atoms with Crippen LogP contribution in [0.3, 0.4) is 0 Å². The Kier molecular flexibility index (Phi) is 7.46. The van der Waals surface area contributed by atoms with E-state index >= 15 is 0 Å². The molecule has 0 fully saturated rings. The van der Waals surface area contributed by atoms with E-state index in [1.807, 2.05) is 6.07 Å². The standard InChI is InChI=1S/C18H17ClN4O5/c1-12(21-22-18(25)11-28-14-5-3-2-4-6-14)9-17(24)20-13-7-8-15(19)16(10-13)23(26)27/h2-8,10H,9,11H2,1H3,(H,20,24)(H,22,25)/b21-12+. The first-order valence-corrected chi connectivity index (χ1v) is 8.46. The minimum Gasteiger partial charge on any atom is -0.484 e. The number of nitro benzene ring substituents is 1. The van der Waals surface area contributed by atoms with E-state index in [-0.39, 0.29) is 29.4 Å². The fourth-order valence-corrected chi connectivity index (χ4v) is 2.25. The Labute approximate surface area is 165 Å². The van der Waals surface area contributed by atoms with Crippen molar-refractivity contribution in [3.63, 3.8) is 0 Å². The van der Waals surface area contributed by atoms with E-state index in [4.69, 9.17) is 16.3 Å². The van der Waals surface area contributed by atoms with E-state index in [9.17, 15) is 19.7 Å². The molecule has 0 bridgehead atoms. The van der Waals surface area contributed by atoms with E-state index in [2.05, 4.69) is 15.8 Å². The van der Waals surface area contributed by atoms with Crippen molar-refractivity contribution in [2.45, 2.75) is 13.3 Å². The molecule has 2 amide bonds. The van der Waals surface area contributed by atoms with E-state index in [0.717, 1.165) is 6.07 Å². The Morgan fingerprint density at radius 3 is 2.57 bits per heavy atom. The predicted octanol–water partition coefficient (Wildman–Crippen LogP) is 3.15. The van der Waals surface area contributed by atoms with Crippen LogP contribution in [0.15, 0.2) is 53.6 Å². The van der Waals surface area contributed by atoms with Crippen LogP contribution in [0.2, 0.25) is 5.02 Å². The molecule has 0 spiro atoms. The van der Waals surface area contributed by atoms with Crippen molar-refractivity contribution < 1.29 is 19.2 Å². The van der Waals surface area contributed by atoms with Gasteiger partial charge in [-0.2, -0.15) is 5.10 Å². The number of hydrazone groups is 1. The van der Waals surface area contributed by atoms with Crippen molar-refractivity contribution in [1.29, 1.82) is 0 Å². The molecule has 146 valence electrons. The third-order valence-electron chi connectivity index (χ3n) is 3.33. The number of ether oxygens (including phenoxy) is 1. The molecule has 2 aromatic rings. The zero-order valence-corrected chi connectivity index (χ0v) is 15.6. The summed E-state index contributed by atoms with van der Waals surface area (Å²) in [6.45, 7) is 1.34. The van der Waals surface area contributed by atoms with Gasteiger partial charge in [0, 0.05) is 17.5 Å². The summed E-state index contributed by atoms with van der Waals surface area (Å²) in [6.07, 6.45) is -0.115. The van der Waals surface area contributed by atoms with Crippen LogP contribution in [0, 0.1) is 10.1 Å². The number of benzene rings is 2. The zero-order chi connectivity index (χ0) is 20.5. The van der Waals surface area contributed by atoms with Gasteiger partial charge in [-0.25, -0.2) is 5.43 Å². The van der Waals surface area contributed by atoms with Gasteiger partial charge >= 0.3 is 0 Å². The van der Waals surface area contributed by atoms with Gasteiger partial charge in [0.05, 0.1) is 11.3 Å². The highest BCUT2D eigenvalue weighted by Crippen LogP contribution is 2.27. The number of nitrogens with one attached hydrogen (secondary N) is 2. The normalized spacial score (nSPS) is 10.9. The Hall–Kier alpha value is -3.46. The molecular formula is C18H17ClN4O5. The average Bonchev–Trinajstić information content (AvgIpc) is 2.66. The maximum Gasteiger partial charge on any atom is 0.289 e. The molecule has 2 aromatic carbocycles. The van der Waals surface area contributed by atoms with Crippen LogP contribution in [-0.4, -0.2) is 29.1 Å². The molecule has 9 nitrogen and oxygen atoms in total. The number of para-hydroxylation sites is 1. The van der Waals surface area contributed by atoms with Crippen molar-refractivity contribution >= 4 is 40.5 Å². The van der Waals surface area contributed by atoms with Crippen LogP contribution in [0.4, 0.5) is 11.4 Å². The minimum absolute atomic E-state index is 0.0267. The summed E-state index contributed by atoms with van der Waals surface area (Å²) in [5.41, 5.74) is 2.55. The largest absolute Gasteiger partial charge is 0.484 e. The molecule has 0 unspecified atom stereocenters. The smallest absolute Gasteiger partial charge is 0.289 e. The van der Waals surface area contributed by atoms with Crippen LogP contribution in [0.5, 0.6) is 5.75 Å². The van der Waals surface area contributed by atoms with Crippen LogP contribution in [-0.2, 0) is 9.59 Å². The van der Waals surface area contributed by atoms with Gasteiger partial charge in [0.15, 0.2) is 6.61 Å². The predicted molar refractivity (Wildman–Crippen MR) is 105 cm³/mol.